The minimum atomic E-state index is 0.132. The molecule has 0 radical (unpaired) electrons. The van der Waals surface area contributed by atoms with Gasteiger partial charge in [-0.2, -0.15) is 0 Å². The maximum atomic E-state index is 11.4. The third-order valence-corrected chi connectivity index (χ3v) is 3.25. The number of nitrogens with zero attached hydrogens (tertiary/aromatic N) is 2. The third-order valence-electron chi connectivity index (χ3n) is 3.25. The Morgan fingerprint density at radius 1 is 1.62 bits per heavy atom. The van der Waals surface area contributed by atoms with Crippen molar-refractivity contribution in [1.82, 2.24) is 9.88 Å². The second kappa shape index (κ2) is 4.37. The second-order valence-corrected chi connectivity index (χ2v) is 4.60. The zero-order valence-corrected chi connectivity index (χ0v) is 10.1. The summed E-state index contributed by atoms with van der Waals surface area (Å²) < 4.78 is 5.52. The lowest BCUT2D eigenvalue weighted by molar-refractivity contribution is -0.126. The number of aryl methyl sites for hydroxylation is 1. The van der Waals surface area contributed by atoms with E-state index in [0.717, 1.165) is 24.7 Å². The fourth-order valence-electron chi connectivity index (χ4n) is 2.12. The molecule has 1 saturated heterocycles. The van der Waals surface area contributed by atoms with E-state index >= 15 is 0 Å². The lowest BCUT2D eigenvalue weighted by Crippen LogP contribution is -2.40. The van der Waals surface area contributed by atoms with Crippen LogP contribution in [-0.4, -0.2) is 28.8 Å². The molecule has 0 aromatic carbocycles. The summed E-state index contributed by atoms with van der Waals surface area (Å²) in [5, 5.41) is 0. The van der Waals surface area contributed by atoms with E-state index in [2.05, 4.69) is 16.8 Å². The van der Waals surface area contributed by atoms with E-state index in [0.29, 0.717) is 12.2 Å². The van der Waals surface area contributed by atoms with Crippen molar-refractivity contribution >= 4 is 5.78 Å². The van der Waals surface area contributed by atoms with Crippen molar-refractivity contribution in [3.05, 3.63) is 17.8 Å². The van der Waals surface area contributed by atoms with Gasteiger partial charge in [0.25, 0.3) is 0 Å². The lowest BCUT2D eigenvalue weighted by atomic mass is 9.97. The summed E-state index contributed by atoms with van der Waals surface area (Å²) in [4.78, 5) is 17.9. The van der Waals surface area contributed by atoms with Crippen molar-refractivity contribution in [3.63, 3.8) is 0 Å². The van der Waals surface area contributed by atoms with Gasteiger partial charge in [-0.15, -0.1) is 0 Å². The summed E-state index contributed by atoms with van der Waals surface area (Å²) in [6.07, 6.45) is 2.38. The standard InChI is InChI=1S/C12H18N2O2/c1-8-7-14(5-4-11(8)15)10(3)12-13-6-9(2)16-12/h6,8,10H,4-5,7H2,1-3H3. The molecule has 1 aliphatic heterocycles. The molecule has 0 amide bonds. The summed E-state index contributed by atoms with van der Waals surface area (Å²) in [6, 6.07) is 0.157. The first-order valence-corrected chi connectivity index (χ1v) is 5.77. The number of Topliss-reactive ketones (excluding diaryl/α,β-unsaturated/α-hetero) is 1. The van der Waals surface area contributed by atoms with E-state index in [1.54, 1.807) is 6.20 Å². The monoisotopic (exact) mass is 222 g/mol. The number of hydrogen-bond acceptors (Lipinski definition) is 4. The Labute approximate surface area is 95.6 Å². The molecule has 0 saturated carbocycles. The molecule has 1 fully saturated rings. The molecule has 2 unspecified atom stereocenters. The Morgan fingerprint density at radius 3 is 2.94 bits per heavy atom. The van der Waals surface area contributed by atoms with Gasteiger partial charge < -0.3 is 4.42 Å². The summed E-state index contributed by atoms with van der Waals surface area (Å²) in [5.74, 6) is 2.08. The first kappa shape index (κ1) is 11.3. The third kappa shape index (κ3) is 2.16. The number of oxazole rings is 1. The van der Waals surface area contributed by atoms with Gasteiger partial charge in [-0.3, -0.25) is 9.69 Å². The van der Waals surface area contributed by atoms with Gasteiger partial charge in [0.2, 0.25) is 5.89 Å². The summed E-state index contributed by atoms with van der Waals surface area (Å²) in [5.41, 5.74) is 0. The highest BCUT2D eigenvalue weighted by molar-refractivity contribution is 5.81. The van der Waals surface area contributed by atoms with Crippen molar-refractivity contribution in [2.24, 2.45) is 5.92 Å². The van der Waals surface area contributed by atoms with Crippen molar-refractivity contribution in [2.45, 2.75) is 33.2 Å². The number of piperidine rings is 1. The van der Waals surface area contributed by atoms with Gasteiger partial charge in [0.1, 0.15) is 11.5 Å². The summed E-state index contributed by atoms with van der Waals surface area (Å²) >= 11 is 0. The number of carbonyl (C=O) groups is 1. The van der Waals surface area contributed by atoms with Crippen molar-refractivity contribution < 1.29 is 9.21 Å². The zero-order valence-electron chi connectivity index (χ0n) is 10.1. The molecule has 2 atom stereocenters. The van der Waals surface area contributed by atoms with Crippen LogP contribution in [0.15, 0.2) is 10.6 Å². The Bertz CT molecular complexity index is 386. The van der Waals surface area contributed by atoms with Gasteiger partial charge in [-0.05, 0) is 13.8 Å². The van der Waals surface area contributed by atoms with Gasteiger partial charge in [0, 0.05) is 25.4 Å². The Hall–Kier alpha value is -1.16. The smallest absolute Gasteiger partial charge is 0.211 e. The summed E-state index contributed by atoms with van der Waals surface area (Å²) in [6.45, 7) is 7.58. The average Bonchev–Trinajstić information content (AvgIpc) is 2.68. The van der Waals surface area contributed by atoms with Crippen LogP contribution in [0.3, 0.4) is 0 Å². The van der Waals surface area contributed by atoms with Crippen LogP contribution in [0.1, 0.15) is 38.0 Å². The molecule has 1 aromatic heterocycles. The molecule has 2 heterocycles. The van der Waals surface area contributed by atoms with Crippen LogP contribution in [0.4, 0.5) is 0 Å². The highest BCUT2D eigenvalue weighted by Crippen LogP contribution is 2.24. The average molecular weight is 222 g/mol. The Morgan fingerprint density at radius 2 is 2.38 bits per heavy atom. The first-order valence-electron chi connectivity index (χ1n) is 5.77. The van der Waals surface area contributed by atoms with Crippen LogP contribution in [0.25, 0.3) is 0 Å². The van der Waals surface area contributed by atoms with Crippen molar-refractivity contribution in [2.75, 3.05) is 13.1 Å². The molecule has 0 bridgehead atoms. The Kier molecular flexibility index (Phi) is 3.10. The molecule has 1 aliphatic rings. The molecule has 16 heavy (non-hydrogen) atoms. The molecule has 1 aromatic rings. The largest absolute Gasteiger partial charge is 0.444 e. The van der Waals surface area contributed by atoms with Gasteiger partial charge in [0.15, 0.2) is 0 Å². The number of rotatable bonds is 2. The van der Waals surface area contributed by atoms with Gasteiger partial charge in [-0.1, -0.05) is 6.92 Å². The van der Waals surface area contributed by atoms with Crippen LogP contribution in [-0.2, 0) is 4.79 Å². The van der Waals surface area contributed by atoms with E-state index in [9.17, 15) is 4.79 Å². The minimum Gasteiger partial charge on any atom is -0.444 e. The maximum absolute atomic E-state index is 11.4. The Balaban J connectivity index is 2.05. The second-order valence-electron chi connectivity index (χ2n) is 4.60. The van der Waals surface area contributed by atoms with E-state index in [-0.39, 0.29) is 12.0 Å². The first-order chi connectivity index (χ1) is 7.58. The van der Waals surface area contributed by atoms with Crippen LogP contribution < -0.4 is 0 Å². The predicted molar refractivity (Wildman–Crippen MR) is 60.0 cm³/mol. The number of aromatic nitrogens is 1. The van der Waals surface area contributed by atoms with E-state index in [4.69, 9.17) is 4.42 Å². The van der Waals surface area contributed by atoms with Crippen molar-refractivity contribution in [3.8, 4) is 0 Å². The zero-order chi connectivity index (χ0) is 11.7. The molecule has 0 N–H and O–H groups in total. The number of carbonyl (C=O) groups excluding carboxylic acids is 1. The van der Waals surface area contributed by atoms with Crippen LogP contribution in [0.5, 0.6) is 0 Å². The quantitative estimate of drug-likeness (QED) is 0.767. The maximum Gasteiger partial charge on any atom is 0.211 e. The fourth-order valence-corrected chi connectivity index (χ4v) is 2.12. The highest BCUT2D eigenvalue weighted by atomic mass is 16.4. The lowest BCUT2D eigenvalue weighted by Gasteiger charge is -2.33. The van der Waals surface area contributed by atoms with E-state index in [1.165, 1.54) is 0 Å². The number of ketones is 1. The molecule has 2 rings (SSSR count). The van der Waals surface area contributed by atoms with Crippen LogP contribution >= 0.6 is 0 Å². The van der Waals surface area contributed by atoms with Gasteiger partial charge in [0.05, 0.1) is 12.2 Å². The molecule has 4 heteroatoms. The topological polar surface area (TPSA) is 46.3 Å². The molecular formula is C12H18N2O2. The van der Waals surface area contributed by atoms with Crippen LogP contribution in [0, 0.1) is 12.8 Å². The SMILES string of the molecule is Cc1cnc(C(C)N2CCC(=O)C(C)C2)o1. The van der Waals surface area contributed by atoms with E-state index < -0.39 is 0 Å². The molecule has 0 spiro atoms. The normalized spacial score (nSPS) is 24.7. The molecule has 88 valence electrons. The highest BCUT2D eigenvalue weighted by Gasteiger charge is 2.28. The van der Waals surface area contributed by atoms with Gasteiger partial charge >= 0.3 is 0 Å². The molecule has 4 nitrogen and oxygen atoms in total. The fraction of sp³-hybridized carbons (Fsp3) is 0.667. The van der Waals surface area contributed by atoms with Gasteiger partial charge in [-0.25, -0.2) is 4.98 Å². The molecular weight excluding hydrogens is 204 g/mol. The summed E-state index contributed by atoms with van der Waals surface area (Å²) in [7, 11) is 0. The van der Waals surface area contributed by atoms with Crippen molar-refractivity contribution in [1.29, 1.82) is 0 Å². The predicted octanol–water partition coefficient (Wildman–Crippen LogP) is 1.95. The van der Waals surface area contributed by atoms with Crippen LogP contribution in [0.2, 0.25) is 0 Å². The molecule has 0 aliphatic carbocycles. The van der Waals surface area contributed by atoms with E-state index in [1.807, 2.05) is 13.8 Å². The number of likely N-dealkylation sites (tertiary alicyclic amines) is 1. The number of hydrogen-bond donors (Lipinski definition) is 0. The minimum absolute atomic E-state index is 0.132.